The van der Waals surface area contributed by atoms with E-state index in [4.69, 9.17) is 14.7 Å². The minimum absolute atomic E-state index is 0.703. The maximum Gasteiger partial charge on any atom is 0.160 e. The van der Waals surface area contributed by atoms with Crippen molar-refractivity contribution in [1.29, 1.82) is 0 Å². The van der Waals surface area contributed by atoms with Gasteiger partial charge in [0, 0.05) is 27.6 Å². The van der Waals surface area contributed by atoms with Gasteiger partial charge >= 0.3 is 0 Å². The first-order chi connectivity index (χ1) is 28.2. The molecular weight excluding hydrogens is 693 g/mol. The van der Waals surface area contributed by atoms with Crippen LogP contribution in [-0.4, -0.2) is 9.97 Å². The average Bonchev–Trinajstić information content (AvgIpc) is 3.29. The molecule has 0 saturated carbocycles. The highest BCUT2D eigenvalue weighted by Crippen LogP contribution is 2.48. The summed E-state index contributed by atoms with van der Waals surface area (Å²) < 4.78 is 6.54. The summed E-state index contributed by atoms with van der Waals surface area (Å²) in [6.07, 6.45) is 0. The highest BCUT2D eigenvalue weighted by Gasteiger charge is 2.21. The van der Waals surface area contributed by atoms with E-state index in [0.29, 0.717) is 5.82 Å². The molecular formula is C54H34N2O. The predicted molar refractivity (Wildman–Crippen MR) is 235 cm³/mol. The van der Waals surface area contributed by atoms with Crippen molar-refractivity contribution in [3.05, 3.63) is 206 Å². The van der Waals surface area contributed by atoms with E-state index in [2.05, 4.69) is 182 Å². The van der Waals surface area contributed by atoms with Gasteiger partial charge in [-0.15, -0.1) is 0 Å². The second-order valence-corrected chi connectivity index (χ2v) is 14.5. The fraction of sp³-hybridized carbons (Fsp3) is 0. The van der Waals surface area contributed by atoms with Crippen molar-refractivity contribution in [2.45, 2.75) is 0 Å². The minimum Gasteiger partial charge on any atom is -0.456 e. The molecule has 0 unspecified atom stereocenters. The highest BCUT2D eigenvalue weighted by molar-refractivity contribution is 6.07. The standard InChI is InChI=1S/C54H34N2O/c1-3-11-35(12-4-1)36-21-25-38(26-22-36)49-34-50(56-54(55-49)41-13-5-2-6-14-41)39-27-23-37(24-28-39)43-31-32-44(46-18-8-7-17-45(43)46)42-29-30-47-48-19-9-15-40-16-10-20-51(53(40)48)57-52(47)33-42/h1-34H. The summed E-state index contributed by atoms with van der Waals surface area (Å²) in [5.74, 6) is 2.49. The molecule has 1 aliphatic rings. The van der Waals surface area contributed by atoms with Crippen molar-refractivity contribution in [2.24, 2.45) is 0 Å². The molecule has 9 aromatic carbocycles. The smallest absolute Gasteiger partial charge is 0.160 e. The van der Waals surface area contributed by atoms with E-state index in [0.717, 1.165) is 56.3 Å². The molecule has 3 nitrogen and oxygen atoms in total. The first kappa shape index (κ1) is 32.8. The van der Waals surface area contributed by atoms with Gasteiger partial charge in [0.2, 0.25) is 0 Å². The number of hydrogen-bond donors (Lipinski definition) is 0. The Bertz CT molecular complexity index is 3110. The van der Waals surface area contributed by atoms with Crippen molar-refractivity contribution in [2.75, 3.05) is 0 Å². The Kier molecular flexibility index (Phi) is 7.82. The van der Waals surface area contributed by atoms with Gasteiger partial charge in [-0.1, -0.05) is 182 Å². The van der Waals surface area contributed by atoms with Crippen LogP contribution in [0.2, 0.25) is 0 Å². The van der Waals surface area contributed by atoms with E-state index in [-0.39, 0.29) is 0 Å². The molecule has 0 amide bonds. The Morgan fingerprint density at radius 2 is 0.807 bits per heavy atom. The molecule has 1 aliphatic heterocycles. The molecule has 0 aliphatic carbocycles. The number of benzene rings is 9. The van der Waals surface area contributed by atoms with Crippen molar-refractivity contribution >= 4 is 21.5 Å². The van der Waals surface area contributed by atoms with Crippen LogP contribution in [0.4, 0.5) is 0 Å². The number of aromatic nitrogens is 2. The molecule has 0 radical (unpaired) electrons. The lowest BCUT2D eigenvalue weighted by molar-refractivity contribution is 0.487. The summed E-state index contributed by atoms with van der Waals surface area (Å²) in [5, 5.41) is 4.76. The molecule has 0 saturated heterocycles. The quantitative estimate of drug-likeness (QED) is 0.171. The van der Waals surface area contributed by atoms with Crippen LogP contribution in [0.15, 0.2) is 206 Å². The minimum atomic E-state index is 0.703. The van der Waals surface area contributed by atoms with Crippen LogP contribution in [0.5, 0.6) is 11.5 Å². The third-order valence-corrected chi connectivity index (χ3v) is 11.1. The molecule has 0 atom stereocenters. The van der Waals surface area contributed by atoms with E-state index >= 15 is 0 Å². The van der Waals surface area contributed by atoms with Gasteiger partial charge in [0.25, 0.3) is 0 Å². The van der Waals surface area contributed by atoms with Gasteiger partial charge in [0.15, 0.2) is 5.82 Å². The SMILES string of the molecule is c1ccc(-c2ccc(-c3cc(-c4ccc(-c5ccc(-c6ccc7c(c6)Oc6cccc8cccc-7c68)c6ccccc56)cc4)nc(-c4ccccc4)n3)cc2)cc1. The Hall–Kier alpha value is -7.62. The molecule has 0 N–H and O–H groups in total. The molecule has 0 spiro atoms. The first-order valence-electron chi connectivity index (χ1n) is 19.3. The fourth-order valence-corrected chi connectivity index (χ4v) is 8.28. The van der Waals surface area contributed by atoms with Gasteiger partial charge in [0.05, 0.1) is 11.4 Å². The largest absolute Gasteiger partial charge is 0.456 e. The number of fused-ring (bicyclic) bond motifs is 3. The summed E-state index contributed by atoms with van der Waals surface area (Å²) in [5.41, 5.74) is 14.2. The average molecular weight is 727 g/mol. The lowest BCUT2D eigenvalue weighted by Gasteiger charge is -2.22. The van der Waals surface area contributed by atoms with Gasteiger partial charge in [0.1, 0.15) is 11.5 Å². The second kappa shape index (κ2) is 13.6. The van der Waals surface area contributed by atoms with Crippen LogP contribution < -0.4 is 4.74 Å². The van der Waals surface area contributed by atoms with E-state index < -0.39 is 0 Å². The van der Waals surface area contributed by atoms with Gasteiger partial charge < -0.3 is 4.74 Å². The lowest BCUT2D eigenvalue weighted by atomic mass is 9.89. The van der Waals surface area contributed by atoms with E-state index in [1.165, 1.54) is 49.4 Å². The molecule has 11 rings (SSSR count). The number of rotatable bonds is 6. The Balaban J connectivity index is 0.947. The molecule has 266 valence electrons. The van der Waals surface area contributed by atoms with Crippen LogP contribution in [0, 0.1) is 0 Å². The van der Waals surface area contributed by atoms with Crippen LogP contribution >= 0.6 is 0 Å². The van der Waals surface area contributed by atoms with E-state index in [1.54, 1.807) is 0 Å². The molecule has 0 fully saturated rings. The van der Waals surface area contributed by atoms with Crippen molar-refractivity contribution in [3.8, 4) is 89.9 Å². The lowest BCUT2D eigenvalue weighted by Crippen LogP contribution is -1.97. The van der Waals surface area contributed by atoms with Crippen molar-refractivity contribution < 1.29 is 4.74 Å². The summed E-state index contributed by atoms with van der Waals surface area (Å²) in [6.45, 7) is 0. The molecule has 1 aromatic heterocycles. The Labute approximate surface area is 331 Å². The van der Waals surface area contributed by atoms with Crippen LogP contribution in [0.1, 0.15) is 0 Å². The van der Waals surface area contributed by atoms with Crippen LogP contribution in [0.3, 0.4) is 0 Å². The molecule has 2 heterocycles. The second-order valence-electron chi connectivity index (χ2n) is 14.5. The zero-order valence-corrected chi connectivity index (χ0v) is 30.9. The number of ether oxygens (including phenoxy) is 1. The molecule has 57 heavy (non-hydrogen) atoms. The molecule has 0 bridgehead atoms. The first-order valence-corrected chi connectivity index (χ1v) is 19.3. The zero-order valence-electron chi connectivity index (χ0n) is 30.9. The summed E-state index contributed by atoms with van der Waals surface area (Å²) in [6, 6.07) is 72.7. The topological polar surface area (TPSA) is 35.0 Å². The van der Waals surface area contributed by atoms with Crippen LogP contribution in [-0.2, 0) is 0 Å². The molecule has 10 aromatic rings. The molecule has 3 heteroatoms. The van der Waals surface area contributed by atoms with Crippen molar-refractivity contribution in [1.82, 2.24) is 9.97 Å². The van der Waals surface area contributed by atoms with E-state index in [1.807, 2.05) is 24.3 Å². The van der Waals surface area contributed by atoms with Crippen LogP contribution in [0.25, 0.3) is 100.0 Å². The zero-order chi connectivity index (χ0) is 37.7. The maximum atomic E-state index is 6.54. The summed E-state index contributed by atoms with van der Waals surface area (Å²) in [4.78, 5) is 10.2. The van der Waals surface area contributed by atoms with Gasteiger partial charge in [-0.05, 0) is 79.4 Å². The normalized spacial score (nSPS) is 11.6. The van der Waals surface area contributed by atoms with Crippen molar-refractivity contribution in [3.63, 3.8) is 0 Å². The maximum absolute atomic E-state index is 6.54. The summed E-state index contributed by atoms with van der Waals surface area (Å²) in [7, 11) is 0. The van der Waals surface area contributed by atoms with Gasteiger partial charge in [-0.2, -0.15) is 0 Å². The third kappa shape index (κ3) is 5.85. The number of nitrogens with zero attached hydrogens (tertiary/aromatic N) is 2. The number of hydrogen-bond acceptors (Lipinski definition) is 3. The monoisotopic (exact) mass is 726 g/mol. The Morgan fingerprint density at radius 1 is 0.298 bits per heavy atom. The third-order valence-electron chi connectivity index (χ3n) is 11.1. The van der Waals surface area contributed by atoms with E-state index in [9.17, 15) is 0 Å². The Morgan fingerprint density at radius 3 is 1.47 bits per heavy atom. The predicted octanol–water partition coefficient (Wildman–Crippen LogP) is 14.6. The van der Waals surface area contributed by atoms with Gasteiger partial charge in [-0.25, -0.2) is 9.97 Å². The van der Waals surface area contributed by atoms with Gasteiger partial charge in [-0.3, -0.25) is 0 Å². The highest BCUT2D eigenvalue weighted by atomic mass is 16.5. The fourth-order valence-electron chi connectivity index (χ4n) is 8.28. The summed E-state index contributed by atoms with van der Waals surface area (Å²) >= 11 is 0.